The molecule has 8 nitrogen and oxygen atoms in total. The van der Waals surface area contributed by atoms with Gasteiger partial charge >= 0.3 is 0 Å². The maximum atomic E-state index is 11.8. The average molecular weight is 534 g/mol. The van der Waals surface area contributed by atoms with Gasteiger partial charge in [0.25, 0.3) is 0 Å². The van der Waals surface area contributed by atoms with E-state index in [0.29, 0.717) is 26.1 Å². The summed E-state index contributed by atoms with van der Waals surface area (Å²) in [6, 6.07) is 10.1. The first-order valence-electron chi connectivity index (χ1n) is 9.32. The molecule has 10 heteroatoms. The van der Waals surface area contributed by atoms with Crippen molar-refractivity contribution in [3.63, 3.8) is 0 Å². The summed E-state index contributed by atoms with van der Waals surface area (Å²) in [4.78, 5) is 14.0. The average Bonchev–Trinajstić information content (AvgIpc) is 3.16. The normalized spacial score (nSPS) is 12.0. The first kappa shape index (κ1) is 25.4. The van der Waals surface area contributed by atoms with E-state index < -0.39 is 10.0 Å². The summed E-state index contributed by atoms with van der Waals surface area (Å²) in [7, 11) is 2.15. The standard InChI is InChI=1S/C19H30N6O2S.HI/c1-5-28(26,27)25(4)13-9-12-21-19(20-2)24(3)15-18-22-14-17(23-18)16-10-7-6-8-11-16;/h6-8,10-11,14H,5,9,12-13,15H2,1-4H3,(H,20,21)(H,22,23);1H. The minimum Gasteiger partial charge on any atom is -0.356 e. The molecule has 0 bridgehead atoms. The van der Waals surface area contributed by atoms with Crippen molar-refractivity contribution in [2.45, 2.75) is 19.9 Å². The molecule has 0 fully saturated rings. The van der Waals surface area contributed by atoms with Crippen molar-refractivity contribution < 1.29 is 8.42 Å². The SMILES string of the molecule is CCS(=O)(=O)N(C)CCCNC(=NC)N(C)Cc1ncc(-c2ccccc2)[nH]1.I. The van der Waals surface area contributed by atoms with Crippen LogP contribution in [0.2, 0.25) is 0 Å². The van der Waals surface area contributed by atoms with Gasteiger partial charge in [0.1, 0.15) is 5.82 Å². The zero-order valence-electron chi connectivity index (χ0n) is 17.4. The molecule has 29 heavy (non-hydrogen) atoms. The van der Waals surface area contributed by atoms with Gasteiger partial charge in [-0.05, 0) is 18.9 Å². The predicted molar refractivity (Wildman–Crippen MR) is 129 cm³/mol. The van der Waals surface area contributed by atoms with E-state index in [1.807, 2.05) is 48.5 Å². The van der Waals surface area contributed by atoms with Crippen molar-refractivity contribution in [1.29, 1.82) is 0 Å². The molecule has 2 aromatic rings. The van der Waals surface area contributed by atoms with Crippen LogP contribution in [0, 0.1) is 0 Å². The van der Waals surface area contributed by atoms with Gasteiger partial charge in [-0.25, -0.2) is 17.7 Å². The van der Waals surface area contributed by atoms with Crippen LogP contribution in [0.1, 0.15) is 19.2 Å². The Bertz CT molecular complexity index is 870. The largest absolute Gasteiger partial charge is 0.356 e. The second kappa shape index (κ2) is 12.1. The number of hydrogen-bond donors (Lipinski definition) is 2. The number of guanidine groups is 1. The lowest BCUT2D eigenvalue weighted by Gasteiger charge is -2.22. The Hall–Kier alpha value is -1.66. The molecule has 0 saturated carbocycles. The van der Waals surface area contributed by atoms with Gasteiger partial charge in [-0.3, -0.25) is 4.99 Å². The Morgan fingerprint density at radius 1 is 1.24 bits per heavy atom. The maximum absolute atomic E-state index is 11.8. The van der Waals surface area contributed by atoms with Gasteiger partial charge in [0.15, 0.2) is 5.96 Å². The first-order chi connectivity index (χ1) is 13.4. The smallest absolute Gasteiger partial charge is 0.213 e. The second-order valence-electron chi connectivity index (χ2n) is 6.52. The molecule has 0 spiro atoms. The van der Waals surface area contributed by atoms with Gasteiger partial charge in [-0.1, -0.05) is 30.3 Å². The second-order valence-corrected chi connectivity index (χ2v) is 8.88. The van der Waals surface area contributed by atoms with Crippen LogP contribution in [0.5, 0.6) is 0 Å². The molecule has 0 atom stereocenters. The number of nitrogens with one attached hydrogen (secondary N) is 2. The molecule has 1 aromatic heterocycles. The molecule has 0 aliphatic heterocycles. The Balaban J connectivity index is 0.00000420. The summed E-state index contributed by atoms with van der Waals surface area (Å²) in [6.45, 7) is 3.34. The van der Waals surface area contributed by atoms with E-state index in [4.69, 9.17) is 0 Å². The molecule has 2 rings (SSSR count). The first-order valence-corrected chi connectivity index (χ1v) is 10.9. The molecular weight excluding hydrogens is 503 g/mol. The third-order valence-corrected chi connectivity index (χ3v) is 6.31. The molecule has 0 amide bonds. The summed E-state index contributed by atoms with van der Waals surface area (Å²) in [5.41, 5.74) is 2.07. The van der Waals surface area contributed by atoms with Crippen LogP contribution in [0.4, 0.5) is 0 Å². The predicted octanol–water partition coefficient (Wildman–Crippen LogP) is 2.37. The van der Waals surface area contributed by atoms with E-state index in [0.717, 1.165) is 23.0 Å². The van der Waals surface area contributed by atoms with Crippen LogP contribution in [0.3, 0.4) is 0 Å². The Labute approximate surface area is 190 Å². The maximum Gasteiger partial charge on any atom is 0.213 e. The fraction of sp³-hybridized carbons (Fsp3) is 0.474. The fourth-order valence-electron chi connectivity index (χ4n) is 2.75. The lowest BCUT2D eigenvalue weighted by Crippen LogP contribution is -2.40. The topological polar surface area (TPSA) is 93.7 Å². The molecule has 1 aromatic carbocycles. The van der Waals surface area contributed by atoms with Crippen molar-refractivity contribution in [3.8, 4) is 11.3 Å². The molecule has 162 valence electrons. The number of H-pyrrole nitrogens is 1. The van der Waals surface area contributed by atoms with E-state index in [2.05, 4.69) is 20.3 Å². The molecule has 0 saturated heterocycles. The Kier molecular flexibility index (Phi) is 10.6. The minimum absolute atomic E-state index is 0. The van der Waals surface area contributed by atoms with E-state index in [-0.39, 0.29) is 29.7 Å². The summed E-state index contributed by atoms with van der Waals surface area (Å²) in [5, 5.41) is 3.27. The Morgan fingerprint density at radius 2 is 1.93 bits per heavy atom. The van der Waals surface area contributed by atoms with Crippen LogP contribution in [-0.4, -0.2) is 73.5 Å². The number of sulfonamides is 1. The molecule has 0 radical (unpaired) electrons. The van der Waals surface area contributed by atoms with Crippen LogP contribution in [-0.2, 0) is 16.6 Å². The molecule has 0 aliphatic rings. The van der Waals surface area contributed by atoms with Gasteiger partial charge in [0.05, 0.1) is 24.2 Å². The summed E-state index contributed by atoms with van der Waals surface area (Å²) < 4.78 is 24.9. The zero-order valence-corrected chi connectivity index (χ0v) is 20.6. The third kappa shape index (κ3) is 7.59. The number of halogens is 1. The highest BCUT2D eigenvalue weighted by atomic mass is 127. The van der Waals surface area contributed by atoms with Gasteiger partial charge in [0, 0.05) is 34.2 Å². The van der Waals surface area contributed by atoms with E-state index in [1.54, 1.807) is 21.0 Å². The number of rotatable bonds is 9. The van der Waals surface area contributed by atoms with Crippen molar-refractivity contribution in [1.82, 2.24) is 24.5 Å². The number of imidazole rings is 1. The van der Waals surface area contributed by atoms with E-state index in [9.17, 15) is 8.42 Å². The van der Waals surface area contributed by atoms with Crippen LogP contribution in [0.25, 0.3) is 11.3 Å². The lowest BCUT2D eigenvalue weighted by atomic mass is 10.2. The molecule has 0 unspecified atom stereocenters. The number of benzene rings is 1. The monoisotopic (exact) mass is 534 g/mol. The van der Waals surface area contributed by atoms with Gasteiger partial charge in [0.2, 0.25) is 10.0 Å². The van der Waals surface area contributed by atoms with Crippen LogP contribution in [0.15, 0.2) is 41.5 Å². The summed E-state index contributed by atoms with van der Waals surface area (Å²) in [5.74, 6) is 1.70. The highest BCUT2D eigenvalue weighted by Crippen LogP contribution is 2.16. The highest BCUT2D eigenvalue weighted by Gasteiger charge is 2.14. The summed E-state index contributed by atoms with van der Waals surface area (Å²) in [6.07, 6.45) is 2.53. The molecule has 0 aliphatic carbocycles. The van der Waals surface area contributed by atoms with Crippen molar-refractivity contribution in [3.05, 3.63) is 42.4 Å². The number of hydrogen-bond acceptors (Lipinski definition) is 4. The zero-order chi connectivity index (χ0) is 20.6. The number of aromatic nitrogens is 2. The summed E-state index contributed by atoms with van der Waals surface area (Å²) >= 11 is 0. The van der Waals surface area contributed by atoms with Crippen molar-refractivity contribution in [2.24, 2.45) is 4.99 Å². The van der Waals surface area contributed by atoms with Gasteiger partial charge in [-0.2, -0.15) is 0 Å². The Morgan fingerprint density at radius 3 is 2.55 bits per heavy atom. The van der Waals surface area contributed by atoms with Crippen molar-refractivity contribution in [2.75, 3.05) is 40.0 Å². The van der Waals surface area contributed by atoms with Gasteiger partial charge in [-0.15, -0.1) is 24.0 Å². The quantitative estimate of drug-likeness (QED) is 0.223. The number of aromatic amines is 1. The highest BCUT2D eigenvalue weighted by molar-refractivity contribution is 14.0. The lowest BCUT2D eigenvalue weighted by molar-refractivity contribution is 0.445. The van der Waals surface area contributed by atoms with E-state index >= 15 is 0 Å². The van der Waals surface area contributed by atoms with Crippen molar-refractivity contribution >= 4 is 40.0 Å². The number of nitrogens with zero attached hydrogens (tertiary/aromatic N) is 4. The molecule has 2 N–H and O–H groups in total. The fourth-order valence-corrected chi connectivity index (χ4v) is 3.60. The minimum atomic E-state index is -3.13. The van der Waals surface area contributed by atoms with Crippen LogP contribution >= 0.6 is 24.0 Å². The molecule has 1 heterocycles. The van der Waals surface area contributed by atoms with E-state index in [1.165, 1.54) is 4.31 Å². The number of aliphatic imine (C=N–C) groups is 1. The van der Waals surface area contributed by atoms with Crippen LogP contribution < -0.4 is 5.32 Å². The molecular formula is C19H31IN6O2S. The third-order valence-electron chi connectivity index (χ3n) is 4.45. The van der Waals surface area contributed by atoms with Gasteiger partial charge < -0.3 is 15.2 Å².